The molecule has 4 nitrogen and oxygen atoms in total. The zero-order chi connectivity index (χ0) is 16.9. The Morgan fingerprint density at radius 1 is 0.958 bits per heavy atom. The quantitative estimate of drug-likeness (QED) is 0.687. The summed E-state index contributed by atoms with van der Waals surface area (Å²) in [6, 6.07) is 14.2. The van der Waals surface area contributed by atoms with Crippen LogP contribution in [-0.4, -0.2) is 18.2 Å². The van der Waals surface area contributed by atoms with Crippen molar-refractivity contribution in [3.8, 4) is 11.5 Å². The number of benzene rings is 2. The second-order valence-electron chi connectivity index (χ2n) is 5.54. The molecule has 1 aromatic heterocycles. The average molecular weight is 322 g/mol. The molecule has 1 N–H and O–H groups in total. The molecular weight excluding hydrogens is 300 g/mol. The van der Waals surface area contributed by atoms with Gasteiger partial charge in [-0.2, -0.15) is 0 Å². The maximum absolute atomic E-state index is 5.74. The van der Waals surface area contributed by atoms with Crippen LogP contribution in [0.1, 0.15) is 19.4 Å². The number of hydrogen-bond donors (Lipinski definition) is 1. The van der Waals surface area contributed by atoms with Gasteiger partial charge in [-0.1, -0.05) is 12.1 Å². The van der Waals surface area contributed by atoms with Gasteiger partial charge in [-0.05, 0) is 50.6 Å². The molecule has 0 unspecified atom stereocenters. The first-order valence-electron chi connectivity index (χ1n) is 8.23. The molecule has 3 aromatic rings. The van der Waals surface area contributed by atoms with Crippen LogP contribution < -0.4 is 14.8 Å². The third kappa shape index (κ3) is 3.43. The van der Waals surface area contributed by atoms with Crippen molar-refractivity contribution in [2.24, 2.45) is 0 Å². The van der Waals surface area contributed by atoms with E-state index in [-0.39, 0.29) is 0 Å². The molecule has 2 aromatic carbocycles. The van der Waals surface area contributed by atoms with E-state index < -0.39 is 0 Å². The Bertz CT molecular complexity index is 846. The van der Waals surface area contributed by atoms with Crippen LogP contribution in [0.5, 0.6) is 11.5 Å². The average Bonchev–Trinajstić information content (AvgIpc) is 2.56. The number of nitrogens with one attached hydrogen (secondary N) is 1. The highest BCUT2D eigenvalue weighted by Gasteiger charge is 2.11. The summed E-state index contributed by atoms with van der Waals surface area (Å²) in [4.78, 5) is 4.47. The molecule has 0 atom stereocenters. The fourth-order valence-electron chi connectivity index (χ4n) is 2.68. The lowest BCUT2D eigenvalue weighted by molar-refractivity contribution is 0.288. The van der Waals surface area contributed by atoms with E-state index in [0.717, 1.165) is 33.8 Å². The Morgan fingerprint density at radius 3 is 2.42 bits per heavy atom. The number of anilines is 2. The van der Waals surface area contributed by atoms with Gasteiger partial charge >= 0.3 is 0 Å². The summed E-state index contributed by atoms with van der Waals surface area (Å²) >= 11 is 0. The molecular formula is C20H22N2O2. The molecule has 0 aliphatic carbocycles. The van der Waals surface area contributed by atoms with Crippen LogP contribution in [0.4, 0.5) is 11.4 Å². The van der Waals surface area contributed by atoms with Gasteiger partial charge in [0.05, 0.1) is 18.7 Å². The maximum atomic E-state index is 5.74. The number of fused-ring (bicyclic) bond motifs is 1. The first kappa shape index (κ1) is 16.1. The molecule has 24 heavy (non-hydrogen) atoms. The van der Waals surface area contributed by atoms with Crippen LogP contribution >= 0.6 is 0 Å². The highest BCUT2D eigenvalue weighted by atomic mass is 16.5. The summed E-state index contributed by atoms with van der Waals surface area (Å²) in [7, 11) is 0. The van der Waals surface area contributed by atoms with E-state index in [4.69, 9.17) is 9.47 Å². The number of pyridine rings is 1. The molecule has 0 amide bonds. The molecule has 0 saturated carbocycles. The minimum atomic E-state index is 0.590. The van der Waals surface area contributed by atoms with Gasteiger partial charge in [0.15, 0.2) is 11.5 Å². The second-order valence-corrected chi connectivity index (χ2v) is 5.54. The van der Waals surface area contributed by atoms with E-state index >= 15 is 0 Å². The van der Waals surface area contributed by atoms with Crippen molar-refractivity contribution >= 4 is 22.3 Å². The van der Waals surface area contributed by atoms with Gasteiger partial charge in [0, 0.05) is 29.0 Å². The fraction of sp³-hybridized carbons (Fsp3) is 0.250. The van der Waals surface area contributed by atoms with E-state index in [1.54, 1.807) is 6.20 Å². The molecule has 0 aliphatic rings. The van der Waals surface area contributed by atoms with E-state index in [0.29, 0.717) is 13.2 Å². The van der Waals surface area contributed by atoms with Crippen LogP contribution in [0, 0.1) is 6.92 Å². The van der Waals surface area contributed by atoms with Gasteiger partial charge in [-0.25, -0.2) is 0 Å². The normalized spacial score (nSPS) is 10.6. The lowest BCUT2D eigenvalue weighted by atomic mass is 10.1. The van der Waals surface area contributed by atoms with Crippen LogP contribution in [0.3, 0.4) is 0 Å². The number of nitrogens with zero attached hydrogens (tertiary/aromatic N) is 1. The van der Waals surface area contributed by atoms with Crippen molar-refractivity contribution in [1.82, 2.24) is 4.98 Å². The lowest BCUT2D eigenvalue weighted by Gasteiger charge is -2.14. The van der Waals surface area contributed by atoms with Crippen molar-refractivity contribution in [3.63, 3.8) is 0 Å². The standard InChI is InChI=1S/C20H22N2O2/c1-4-23-19-12-16-17(22-15-8-6-7-14(3)11-15)9-10-21-18(16)13-20(19)24-5-2/h6-13H,4-5H2,1-3H3,(H,21,22). The Labute approximate surface area is 142 Å². The zero-order valence-electron chi connectivity index (χ0n) is 14.3. The third-order valence-electron chi connectivity index (χ3n) is 3.70. The topological polar surface area (TPSA) is 43.4 Å². The summed E-state index contributed by atoms with van der Waals surface area (Å²) in [6.45, 7) is 7.19. The monoisotopic (exact) mass is 322 g/mol. The molecule has 0 spiro atoms. The number of ether oxygens (including phenoxy) is 2. The molecule has 0 fully saturated rings. The second kappa shape index (κ2) is 7.21. The van der Waals surface area contributed by atoms with Gasteiger partial charge in [0.1, 0.15) is 0 Å². The van der Waals surface area contributed by atoms with Crippen molar-refractivity contribution < 1.29 is 9.47 Å². The molecule has 3 rings (SSSR count). The Hall–Kier alpha value is -2.75. The van der Waals surface area contributed by atoms with Crippen LogP contribution in [0.2, 0.25) is 0 Å². The molecule has 124 valence electrons. The van der Waals surface area contributed by atoms with Crippen LogP contribution in [-0.2, 0) is 0 Å². The SMILES string of the molecule is CCOc1cc2nccc(Nc3cccc(C)c3)c2cc1OCC. The van der Waals surface area contributed by atoms with E-state index in [2.05, 4.69) is 35.4 Å². The van der Waals surface area contributed by atoms with Crippen LogP contribution in [0.25, 0.3) is 10.9 Å². The fourth-order valence-corrected chi connectivity index (χ4v) is 2.68. The van der Waals surface area contributed by atoms with Crippen LogP contribution in [0.15, 0.2) is 48.7 Å². The molecule has 0 bridgehead atoms. The van der Waals surface area contributed by atoms with Crippen molar-refractivity contribution in [2.75, 3.05) is 18.5 Å². The van der Waals surface area contributed by atoms with Crippen molar-refractivity contribution in [3.05, 3.63) is 54.2 Å². The predicted molar refractivity (Wildman–Crippen MR) is 98.5 cm³/mol. The zero-order valence-corrected chi connectivity index (χ0v) is 14.3. The number of rotatable bonds is 6. The molecule has 4 heteroatoms. The Kier molecular flexibility index (Phi) is 4.85. The molecule has 0 saturated heterocycles. The molecule has 0 aliphatic heterocycles. The van der Waals surface area contributed by atoms with E-state index in [9.17, 15) is 0 Å². The van der Waals surface area contributed by atoms with Gasteiger partial charge in [0.25, 0.3) is 0 Å². The number of aryl methyl sites for hydroxylation is 1. The van der Waals surface area contributed by atoms with Gasteiger partial charge in [0.2, 0.25) is 0 Å². The Balaban J connectivity index is 2.06. The number of hydrogen-bond acceptors (Lipinski definition) is 4. The summed E-state index contributed by atoms with van der Waals surface area (Å²) in [5.41, 5.74) is 4.13. The third-order valence-corrected chi connectivity index (χ3v) is 3.70. The first-order chi connectivity index (χ1) is 11.7. The lowest BCUT2D eigenvalue weighted by Crippen LogP contribution is -2.00. The van der Waals surface area contributed by atoms with E-state index in [1.807, 2.05) is 38.1 Å². The summed E-state index contributed by atoms with van der Waals surface area (Å²) in [5.74, 6) is 1.47. The minimum Gasteiger partial charge on any atom is -0.490 e. The van der Waals surface area contributed by atoms with Gasteiger partial charge < -0.3 is 14.8 Å². The van der Waals surface area contributed by atoms with E-state index in [1.165, 1.54) is 5.56 Å². The minimum absolute atomic E-state index is 0.590. The predicted octanol–water partition coefficient (Wildman–Crippen LogP) is 5.08. The number of aromatic nitrogens is 1. The maximum Gasteiger partial charge on any atom is 0.163 e. The highest BCUT2D eigenvalue weighted by Crippen LogP contribution is 2.35. The summed E-state index contributed by atoms with van der Waals surface area (Å²) in [6.07, 6.45) is 1.80. The summed E-state index contributed by atoms with van der Waals surface area (Å²) < 4.78 is 11.4. The Morgan fingerprint density at radius 2 is 1.71 bits per heavy atom. The highest BCUT2D eigenvalue weighted by molar-refractivity contribution is 5.95. The first-order valence-corrected chi connectivity index (χ1v) is 8.23. The largest absolute Gasteiger partial charge is 0.490 e. The van der Waals surface area contributed by atoms with Gasteiger partial charge in [-0.3, -0.25) is 4.98 Å². The molecule has 0 radical (unpaired) electrons. The van der Waals surface area contributed by atoms with Crippen molar-refractivity contribution in [2.45, 2.75) is 20.8 Å². The van der Waals surface area contributed by atoms with Gasteiger partial charge in [-0.15, -0.1) is 0 Å². The smallest absolute Gasteiger partial charge is 0.163 e. The molecule has 1 heterocycles. The summed E-state index contributed by atoms with van der Waals surface area (Å²) in [5, 5.41) is 4.48. The van der Waals surface area contributed by atoms with Crippen molar-refractivity contribution in [1.29, 1.82) is 0 Å².